The van der Waals surface area contributed by atoms with Crippen molar-refractivity contribution < 1.29 is 89.2 Å². The molecule has 0 aliphatic carbocycles. The Labute approximate surface area is 384 Å². The molecule has 3 fully saturated rings. The number of amides is 4. The molecule has 3 rings (SSSR count). The van der Waals surface area contributed by atoms with Gasteiger partial charge in [-0.2, -0.15) is 0 Å². The van der Waals surface area contributed by atoms with E-state index in [1.165, 1.54) is 6.92 Å². The van der Waals surface area contributed by atoms with Crippen LogP contribution in [-0.2, 0) is 38.2 Å². The van der Waals surface area contributed by atoms with Gasteiger partial charge in [-0.25, -0.2) is 4.79 Å². The number of thioether (sulfide) groups is 3. The molecule has 64 heavy (non-hydrogen) atoms. The van der Waals surface area contributed by atoms with Gasteiger partial charge < -0.3 is 86.5 Å². The highest BCUT2D eigenvalue weighted by atomic mass is 32.2. The molecule has 3 heterocycles. The van der Waals surface area contributed by atoms with Crippen LogP contribution in [0.25, 0.3) is 0 Å². The van der Waals surface area contributed by atoms with Gasteiger partial charge in [0.25, 0.3) is 0 Å². The molecule has 3 aliphatic heterocycles. The van der Waals surface area contributed by atoms with Gasteiger partial charge in [-0.1, -0.05) is 0 Å². The maximum Gasteiger partial charge on any atom is 0.326 e. The van der Waals surface area contributed by atoms with E-state index in [4.69, 9.17) is 14.2 Å². The number of unbranched alkanes of at least 4 members (excludes halogenated alkanes) is 2. The Hall–Kier alpha value is -2.08. The first kappa shape index (κ1) is 56.2. The third kappa shape index (κ3) is 17.9. The minimum atomic E-state index is -1.45. The first-order valence-electron chi connectivity index (χ1n) is 21.5. The van der Waals surface area contributed by atoms with Crippen molar-refractivity contribution in [2.45, 2.75) is 180 Å². The van der Waals surface area contributed by atoms with Crippen LogP contribution >= 0.6 is 35.3 Å². The molecular weight excluding hydrogens is 909 g/mol. The van der Waals surface area contributed by atoms with Gasteiger partial charge in [0, 0.05) is 49.6 Å². The number of aliphatic hydroxyl groups excluding tert-OH is 9. The highest BCUT2D eigenvalue weighted by molar-refractivity contribution is 8.00. The zero-order valence-electron chi connectivity index (χ0n) is 36.2. The molecule has 16 unspecified atom stereocenters. The number of carboxylic acid groups (broad SMARTS) is 1. The fourth-order valence-corrected chi connectivity index (χ4v) is 10.3. The number of ether oxygens (including phenoxy) is 3. The van der Waals surface area contributed by atoms with Crippen molar-refractivity contribution in [3.8, 4) is 0 Å². The van der Waals surface area contributed by atoms with Crippen molar-refractivity contribution in [2.75, 3.05) is 30.3 Å². The molecule has 3 aliphatic rings. The molecule has 22 nitrogen and oxygen atoms in total. The number of carboxylic acids is 1. The van der Waals surface area contributed by atoms with Crippen molar-refractivity contribution in [1.29, 1.82) is 0 Å². The van der Waals surface area contributed by atoms with Crippen LogP contribution in [0.2, 0.25) is 0 Å². The van der Waals surface area contributed by atoms with Gasteiger partial charge in [0.15, 0.2) is 0 Å². The minimum absolute atomic E-state index is 0.00771. The SMILES string of the molecule is CC1OC(SCCC(=O)NCCCCC(NC(=O)[C@@H](CCCCNC(=O)CCSC2OC(C)C(O)C(O)C2O)NC(=O)CCSC2OC(C)C(O)C(O)C2O)C(=O)O)C(O)C(O)C1O. The summed E-state index contributed by atoms with van der Waals surface area (Å²) in [6, 6.07) is -2.48. The normalized spacial score (nSPS) is 34.0. The Bertz CT molecular complexity index is 1480. The second-order valence-electron chi connectivity index (χ2n) is 16.1. The van der Waals surface area contributed by atoms with E-state index in [2.05, 4.69) is 21.3 Å². The summed E-state index contributed by atoms with van der Waals surface area (Å²) >= 11 is 3.29. The molecule has 3 saturated heterocycles. The predicted molar refractivity (Wildman–Crippen MR) is 234 cm³/mol. The number of hydrogen-bond acceptors (Lipinski definition) is 20. The molecule has 25 heteroatoms. The zero-order valence-corrected chi connectivity index (χ0v) is 38.6. The Balaban J connectivity index is 1.45. The van der Waals surface area contributed by atoms with Crippen molar-refractivity contribution in [3.05, 3.63) is 0 Å². The van der Waals surface area contributed by atoms with Gasteiger partial charge >= 0.3 is 5.97 Å². The van der Waals surface area contributed by atoms with Gasteiger partial charge in [-0.05, 0) is 59.3 Å². The van der Waals surface area contributed by atoms with E-state index >= 15 is 0 Å². The molecule has 0 radical (unpaired) electrons. The zero-order chi connectivity index (χ0) is 47.7. The molecule has 0 spiro atoms. The molecule has 0 aromatic rings. The number of carbonyl (C=O) groups is 5. The van der Waals surface area contributed by atoms with Crippen molar-refractivity contribution in [2.24, 2.45) is 0 Å². The average Bonchev–Trinajstić information content (AvgIpc) is 3.25. The van der Waals surface area contributed by atoms with Crippen LogP contribution in [0.3, 0.4) is 0 Å². The van der Waals surface area contributed by atoms with Crippen LogP contribution in [0, 0.1) is 0 Å². The molecule has 0 saturated carbocycles. The second kappa shape index (κ2) is 28.3. The monoisotopic (exact) mass is 976 g/mol. The fourth-order valence-electron chi connectivity index (χ4n) is 6.90. The fraction of sp³-hybridized carbons (Fsp3) is 0.872. The minimum Gasteiger partial charge on any atom is -0.480 e. The topological polar surface area (TPSA) is 363 Å². The quantitative estimate of drug-likeness (QED) is 0.0373. The van der Waals surface area contributed by atoms with E-state index in [0.717, 1.165) is 35.3 Å². The van der Waals surface area contributed by atoms with E-state index in [-0.39, 0.29) is 74.3 Å². The number of carbonyl (C=O) groups excluding carboxylic acids is 4. The lowest BCUT2D eigenvalue weighted by Crippen LogP contribution is -2.55. The van der Waals surface area contributed by atoms with Crippen LogP contribution in [0.5, 0.6) is 0 Å². The maximum atomic E-state index is 13.5. The van der Waals surface area contributed by atoms with Crippen LogP contribution in [0.1, 0.15) is 78.6 Å². The van der Waals surface area contributed by atoms with Gasteiger partial charge in [0.2, 0.25) is 23.6 Å². The second-order valence-corrected chi connectivity index (χ2v) is 19.7. The molecule has 370 valence electrons. The predicted octanol–water partition coefficient (Wildman–Crippen LogP) is -3.53. The van der Waals surface area contributed by atoms with Crippen molar-refractivity contribution >= 4 is 64.9 Å². The average molecular weight is 977 g/mol. The molecule has 4 amide bonds. The number of hydrogen-bond donors (Lipinski definition) is 14. The summed E-state index contributed by atoms with van der Waals surface area (Å²) in [5, 5.41) is 111. The van der Waals surface area contributed by atoms with E-state index in [0.29, 0.717) is 25.7 Å². The number of nitrogens with one attached hydrogen (secondary N) is 4. The third-order valence-electron chi connectivity index (χ3n) is 11.0. The summed E-state index contributed by atoms with van der Waals surface area (Å²) in [6.45, 7) is 5.09. The van der Waals surface area contributed by atoms with Gasteiger partial charge in [-0.15, -0.1) is 35.3 Å². The lowest BCUT2D eigenvalue weighted by molar-refractivity contribution is -0.192. The van der Waals surface area contributed by atoms with Crippen LogP contribution in [-0.4, -0.2) is 213 Å². The summed E-state index contributed by atoms with van der Waals surface area (Å²) in [6.07, 6.45) is -12.7. The number of aliphatic hydroxyl groups is 9. The van der Waals surface area contributed by atoms with Crippen LogP contribution in [0.15, 0.2) is 0 Å². The molecule has 0 aromatic heterocycles. The molecule has 0 bridgehead atoms. The van der Waals surface area contributed by atoms with Crippen molar-refractivity contribution in [1.82, 2.24) is 21.3 Å². The highest BCUT2D eigenvalue weighted by Crippen LogP contribution is 2.31. The summed E-state index contributed by atoms with van der Waals surface area (Å²) in [5.74, 6) is -2.61. The first-order chi connectivity index (χ1) is 30.2. The Morgan fingerprint density at radius 1 is 0.469 bits per heavy atom. The lowest BCUT2D eigenvalue weighted by atomic mass is 10.0. The number of rotatable bonds is 26. The van der Waals surface area contributed by atoms with Crippen LogP contribution in [0.4, 0.5) is 0 Å². The van der Waals surface area contributed by atoms with Crippen LogP contribution < -0.4 is 21.3 Å². The summed E-state index contributed by atoms with van der Waals surface area (Å²) in [5.41, 5.74) is -2.58. The summed E-state index contributed by atoms with van der Waals surface area (Å²) < 4.78 is 16.6. The van der Waals surface area contributed by atoms with Gasteiger partial charge in [0.1, 0.15) is 83.3 Å². The lowest BCUT2D eigenvalue weighted by Gasteiger charge is -2.38. The van der Waals surface area contributed by atoms with Gasteiger partial charge in [-0.3, -0.25) is 19.2 Å². The Kier molecular flexibility index (Phi) is 24.9. The molecule has 14 N–H and O–H groups in total. The maximum absolute atomic E-state index is 13.5. The Morgan fingerprint density at radius 3 is 1.17 bits per heavy atom. The highest BCUT2D eigenvalue weighted by Gasteiger charge is 2.44. The smallest absolute Gasteiger partial charge is 0.326 e. The first-order valence-corrected chi connectivity index (χ1v) is 24.7. The number of aliphatic carboxylic acids is 1. The van der Waals surface area contributed by atoms with Gasteiger partial charge in [0.05, 0.1) is 18.3 Å². The summed E-state index contributed by atoms with van der Waals surface area (Å²) in [7, 11) is 0. The van der Waals surface area contributed by atoms with E-state index in [9.17, 15) is 75.0 Å². The third-order valence-corrected chi connectivity index (χ3v) is 14.5. The molecular formula is C39H68N4O18S3. The summed E-state index contributed by atoms with van der Waals surface area (Å²) in [4.78, 5) is 63.5. The standard InChI is InChI=1S/C39H68N4O18S3/c1-18-26(47)29(50)32(53)37(59-18)62-15-10-23(44)40-13-6-4-8-21(42-25(46)12-17-64-39-34(55)31(52)28(49)20(3)61-39)35(56)43-22(36(57)58)9-5-7-14-41-24(45)11-16-63-38-33(54)30(51)27(48)19(2)60-38/h18-22,26-34,37-39,47-55H,4-17H2,1-3H3,(H,40,44)(H,41,45)(H,42,46)(H,43,56)(H,57,58)/t18?,19?,20?,21-,22?,26?,27?,28?,29?,30?,31?,32?,33?,34?,37?,38?,39?/m1/s1. The largest absolute Gasteiger partial charge is 0.480 e. The molecule has 17 atom stereocenters. The molecule has 0 aromatic carbocycles. The van der Waals surface area contributed by atoms with E-state index in [1.54, 1.807) is 13.8 Å². The van der Waals surface area contributed by atoms with E-state index in [1.807, 2.05) is 0 Å². The van der Waals surface area contributed by atoms with E-state index < -0.39 is 119 Å². The van der Waals surface area contributed by atoms with Crippen molar-refractivity contribution in [3.63, 3.8) is 0 Å². The Morgan fingerprint density at radius 2 is 0.812 bits per heavy atom.